The van der Waals surface area contributed by atoms with Gasteiger partial charge in [0.2, 0.25) is 0 Å². The Morgan fingerprint density at radius 3 is 2.66 bits per heavy atom. The summed E-state index contributed by atoms with van der Waals surface area (Å²) in [6, 6.07) is 1.74. The number of esters is 2. The fourth-order valence-corrected chi connectivity index (χ4v) is 4.10. The van der Waals surface area contributed by atoms with Gasteiger partial charge in [0.25, 0.3) is 0 Å². The number of nitrogens with zero attached hydrogens (tertiary/aromatic N) is 3. The lowest BCUT2D eigenvalue weighted by molar-refractivity contribution is -0.150. The van der Waals surface area contributed by atoms with Crippen molar-refractivity contribution >= 4 is 23.4 Å². The Kier molecular flexibility index (Phi) is 7.08. The summed E-state index contributed by atoms with van der Waals surface area (Å²) < 4.78 is 17.1. The van der Waals surface area contributed by atoms with Gasteiger partial charge in [-0.25, -0.2) is 14.6 Å². The summed E-state index contributed by atoms with van der Waals surface area (Å²) in [5.41, 5.74) is 1.79. The lowest BCUT2D eigenvalue weighted by atomic mass is 9.81. The molecule has 0 amide bonds. The third-order valence-electron chi connectivity index (χ3n) is 5.97. The minimum Gasteiger partial charge on any atom is -0.501 e. The van der Waals surface area contributed by atoms with E-state index in [1.165, 1.54) is 13.4 Å². The van der Waals surface area contributed by atoms with E-state index in [0.29, 0.717) is 42.3 Å². The number of methoxy groups -OCH3 is 1. The number of carbonyl (C=O) groups is 2. The summed E-state index contributed by atoms with van der Waals surface area (Å²) in [4.78, 5) is 31.0. The molecule has 1 aliphatic rings. The first-order chi connectivity index (χ1) is 15.2. The van der Waals surface area contributed by atoms with Crippen LogP contribution in [0.4, 0.5) is 5.82 Å². The molecule has 2 aromatic rings. The Morgan fingerprint density at radius 2 is 2.06 bits per heavy atom. The number of hydrogen-bond donors (Lipinski definition) is 1. The molecule has 0 unspecified atom stereocenters. The van der Waals surface area contributed by atoms with Crippen LogP contribution in [0.5, 0.6) is 0 Å². The maximum Gasteiger partial charge on any atom is 0.358 e. The van der Waals surface area contributed by atoms with Crippen molar-refractivity contribution in [1.82, 2.24) is 9.38 Å². The van der Waals surface area contributed by atoms with Crippen molar-refractivity contribution in [2.24, 2.45) is 5.41 Å². The fourth-order valence-electron chi connectivity index (χ4n) is 4.10. The Balaban J connectivity index is 2.09. The zero-order chi connectivity index (χ0) is 23.5. The normalized spacial score (nSPS) is 16.5. The third-order valence-corrected chi connectivity index (χ3v) is 5.97. The Hall–Kier alpha value is -3.07. The first-order valence-electron chi connectivity index (χ1n) is 10.7. The molecule has 1 saturated heterocycles. The predicted octanol–water partition coefficient (Wildman–Crippen LogP) is 2.79. The second-order valence-electron chi connectivity index (χ2n) is 8.34. The van der Waals surface area contributed by atoms with Crippen molar-refractivity contribution in [2.75, 3.05) is 38.3 Å². The monoisotopic (exact) mass is 445 g/mol. The number of fused-ring (bicyclic) bond motifs is 1. The highest BCUT2D eigenvalue weighted by atomic mass is 16.5. The summed E-state index contributed by atoms with van der Waals surface area (Å²) in [7, 11) is 1.24. The number of hydrogen-bond acceptors (Lipinski definition) is 8. The summed E-state index contributed by atoms with van der Waals surface area (Å²) in [6.45, 7) is 11.5. The molecule has 1 fully saturated rings. The quantitative estimate of drug-likeness (QED) is 0.489. The molecule has 1 N–H and O–H groups in total. The van der Waals surface area contributed by atoms with Gasteiger partial charge >= 0.3 is 11.9 Å². The molecule has 1 atom stereocenters. The number of anilines is 1. The Morgan fingerprint density at radius 1 is 1.38 bits per heavy atom. The van der Waals surface area contributed by atoms with Crippen molar-refractivity contribution < 1.29 is 28.9 Å². The SMILES string of the molecule is C=COCC1(C)CCN(c2c([C@H](O)C(=O)OC)c(C)cc3nc(C(=O)OCC)cn23)CC1. The van der Waals surface area contributed by atoms with Crippen LogP contribution in [0.25, 0.3) is 5.65 Å². The van der Waals surface area contributed by atoms with Gasteiger partial charge in [-0.15, -0.1) is 0 Å². The molecule has 9 nitrogen and oxygen atoms in total. The van der Waals surface area contributed by atoms with Crippen molar-refractivity contribution in [2.45, 2.75) is 39.7 Å². The van der Waals surface area contributed by atoms with E-state index in [9.17, 15) is 14.7 Å². The summed E-state index contributed by atoms with van der Waals surface area (Å²) in [5, 5.41) is 10.8. The largest absolute Gasteiger partial charge is 0.501 e. The molecule has 0 saturated carbocycles. The van der Waals surface area contributed by atoms with Crippen molar-refractivity contribution in [3.05, 3.63) is 41.9 Å². The number of rotatable bonds is 8. The van der Waals surface area contributed by atoms with Crippen LogP contribution in [-0.4, -0.2) is 59.8 Å². The molecule has 174 valence electrons. The average Bonchev–Trinajstić information content (AvgIpc) is 3.20. The van der Waals surface area contributed by atoms with Crippen molar-refractivity contribution in [3.8, 4) is 0 Å². The van der Waals surface area contributed by atoms with E-state index < -0.39 is 18.0 Å². The first kappa shape index (κ1) is 23.6. The molecule has 1 aliphatic heterocycles. The first-order valence-corrected chi connectivity index (χ1v) is 10.7. The molecule has 0 spiro atoms. The second-order valence-corrected chi connectivity index (χ2v) is 8.34. The molecular weight excluding hydrogens is 414 g/mol. The van der Waals surface area contributed by atoms with Crippen LogP contribution in [-0.2, 0) is 19.0 Å². The highest BCUT2D eigenvalue weighted by molar-refractivity contribution is 5.88. The standard InChI is InChI=1S/C23H31N3O6/c1-6-31-14-23(4)8-10-25(11-9-23)20-18(19(27)22(29)30-5)15(3)12-17-24-16(13-26(17)20)21(28)32-7-2/h6,12-13,19,27H,1,7-11,14H2,2-5H3/t19-/m0/s1. The summed E-state index contributed by atoms with van der Waals surface area (Å²) in [6.07, 6.45) is 3.25. The number of aryl methyl sites for hydroxylation is 1. The van der Waals surface area contributed by atoms with E-state index in [-0.39, 0.29) is 17.7 Å². The number of aromatic nitrogens is 2. The molecule has 0 bridgehead atoms. The van der Waals surface area contributed by atoms with E-state index in [2.05, 4.69) is 23.4 Å². The fraction of sp³-hybridized carbons (Fsp3) is 0.522. The number of aliphatic hydroxyl groups excluding tert-OH is 1. The number of aliphatic hydroxyl groups is 1. The molecule has 0 aromatic carbocycles. The Bertz CT molecular complexity index is 1010. The number of carbonyl (C=O) groups excluding carboxylic acids is 2. The molecule has 2 aromatic heterocycles. The van der Waals surface area contributed by atoms with Gasteiger partial charge in [0.05, 0.1) is 26.6 Å². The highest BCUT2D eigenvalue weighted by Crippen LogP contribution is 2.38. The number of ether oxygens (including phenoxy) is 3. The van der Waals surface area contributed by atoms with Gasteiger partial charge in [0.15, 0.2) is 11.8 Å². The summed E-state index contributed by atoms with van der Waals surface area (Å²) >= 11 is 0. The predicted molar refractivity (Wildman–Crippen MR) is 119 cm³/mol. The topological polar surface area (TPSA) is 103 Å². The maximum atomic E-state index is 12.3. The van der Waals surface area contributed by atoms with E-state index in [1.807, 2.05) is 0 Å². The van der Waals surface area contributed by atoms with Gasteiger partial charge in [-0.2, -0.15) is 0 Å². The Labute approximate surface area is 187 Å². The summed E-state index contributed by atoms with van der Waals surface area (Å²) in [5.74, 6) is -0.657. The van der Waals surface area contributed by atoms with Crippen LogP contribution in [0.3, 0.4) is 0 Å². The van der Waals surface area contributed by atoms with Gasteiger partial charge in [0, 0.05) is 30.3 Å². The molecule has 32 heavy (non-hydrogen) atoms. The molecule has 0 radical (unpaired) electrons. The number of pyridine rings is 1. The number of imidazole rings is 1. The van der Waals surface area contributed by atoms with E-state index in [4.69, 9.17) is 14.2 Å². The van der Waals surface area contributed by atoms with Gasteiger partial charge in [-0.05, 0) is 38.3 Å². The second kappa shape index (κ2) is 9.60. The maximum absolute atomic E-state index is 12.3. The lowest BCUT2D eigenvalue weighted by Crippen LogP contribution is -2.42. The van der Waals surface area contributed by atoms with Crippen LogP contribution in [0, 0.1) is 12.3 Å². The zero-order valence-corrected chi connectivity index (χ0v) is 19.1. The molecule has 3 heterocycles. The highest BCUT2D eigenvalue weighted by Gasteiger charge is 2.35. The third kappa shape index (κ3) is 4.57. The van der Waals surface area contributed by atoms with Gasteiger partial charge in [0.1, 0.15) is 11.5 Å². The van der Waals surface area contributed by atoms with Crippen molar-refractivity contribution in [3.63, 3.8) is 0 Å². The lowest BCUT2D eigenvalue weighted by Gasteiger charge is -2.41. The van der Waals surface area contributed by atoms with E-state index in [1.54, 1.807) is 30.5 Å². The van der Waals surface area contributed by atoms with Crippen LogP contribution in [0.1, 0.15) is 54.4 Å². The molecule has 0 aliphatic carbocycles. The minimum atomic E-state index is -1.47. The molecule has 3 rings (SSSR count). The van der Waals surface area contributed by atoms with Gasteiger partial charge in [-0.1, -0.05) is 13.5 Å². The zero-order valence-electron chi connectivity index (χ0n) is 19.1. The van der Waals surface area contributed by atoms with Crippen LogP contribution in [0.2, 0.25) is 0 Å². The van der Waals surface area contributed by atoms with Crippen molar-refractivity contribution in [1.29, 1.82) is 0 Å². The minimum absolute atomic E-state index is 0.0141. The van der Waals surface area contributed by atoms with Crippen LogP contribution in [0.15, 0.2) is 25.1 Å². The van der Waals surface area contributed by atoms with Crippen LogP contribution < -0.4 is 4.90 Å². The number of piperidine rings is 1. The van der Waals surface area contributed by atoms with E-state index in [0.717, 1.165) is 12.8 Å². The molecule has 9 heteroatoms. The smallest absolute Gasteiger partial charge is 0.358 e. The van der Waals surface area contributed by atoms with E-state index >= 15 is 0 Å². The average molecular weight is 446 g/mol. The van der Waals surface area contributed by atoms with Crippen LogP contribution >= 0.6 is 0 Å². The molecular formula is C23H31N3O6. The van der Waals surface area contributed by atoms with Gasteiger partial charge in [-0.3, -0.25) is 4.40 Å². The van der Waals surface area contributed by atoms with Gasteiger partial charge < -0.3 is 24.2 Å².